The highest BCUT2D eigenvalue weighted by atomic mass is 35.5. The number of rotatable bonds is 4. The second kappa shape index (κ2) is 7.50. The number of anilines is 1. The molecule has 21 heavy (non-hydrogen) atoms. The first-order valence-corrected chi connectivity index (χ1v) is 6.94. The zero-order valence-electron chi connectivity index (χ0n) is 11.7. The molecule has 0 saturated heterocycles. The molecule has 0 spiro atoms. The van der Waals surface area contributed by atoms with Crippen LogP contribution in [0.25, 0.3) is 6.08 Å². The first kappa shape index (κ1) is 15.1. The van der Waals surface area contributed by atoms with Gasteiger partial charge in [-0.2, -0.15) is 0 Å². The summed E-state index contributed by atoms with van der Waals surface area (Å²) in [5.74, 6) is 0. The Morgan fingerprint density at radius 1 is 1.24 bits per heavy atom. The van der Waals surface area contributed by atoms with Crippen molar-refractivity contribution in [2.24, 2.45) is 0 Å². The second-order valence-electron chi connectivity index (χ2n) is 4.52. The van der Waals surface area contributed by atoms with Crippen molar-refractivity contribution in [3.05, 3.63) is 70.8 Å². The average molecular weight is 302 g/mol. The van der Waals surface area contributed by atoms with Crippen LogP contribution in [0.2, 0.25) is 5.02 Å². The highest BCUT2D eigenvalue weighted by molar-refractivity contribution is 6.33. The van der Waals surface area contributed by atoms with E-state index in [0.29, 0.717) is 10.7 Å². The molecular formula is C17H16ClNO2. The number of amides is 1. The first-order chi connectivity index (χ1) is 10.1. The number of benzene rings is 2. The van der Waals surface area contributed by atoms with Gasteiger partial charge < -0.3 is 4.74 Å². The van der Waals surface area contributed by atoms with E-state index < -0.39 is 6.09 Å². The minimum Gasteiger partial charge on any atom is -0.445 e. The summed E-state index contributed by atoms with van der Waals surface area (Å²) in [7, 11) is 0. The van der Waals surface area contributed by atoms with Gasteiger partial charge in [0.15, 0.2) is 0 Å². The van der Waals surface area contributed by atoms with Gasteiger partial charge in [0.2, 0.25) is 0 Å². The number of nitrogens with one attached hydrogen (secondary N) is 1. The molecule has 2 rings (SSSR count). The van der Waals surface area contributed by atoms with Crippen molar-refractivity contribution in [1.82, 2.24) is 0 Å². The minimum absolute atomic E-state index is 0.199. The second-order valence-corrected chi connectivity index (χ2v) is 4.93. The number of aryl methyl sites for hydroxylation is 1. The SMILES string of the molecule is Cc1ccc(NC(=O)OCC=Cc2ccccc2)c(Cl)c1. The summed E-state index contributed by atoms with van der Waals surface area (Å²) in [6.45, 7) is 2.13. The largest absolute Gasteiger partial charge is 0.445 e. The van der Waals surface area contributed by atoms with Gasteiger partial charge in [-0.3, -0.25) is 5.32 Å². The standard InChI is InChI=1S/C17H16ClNO2/c1-13-9-10-16(15(18)12-13)19-17(20)21-11-5-8-14-6-3-2-4-7-14/h2-10,12H,11H2,1H3,(H,19,20). The quantitative estimate of drug-likeness (QED) is 0.871. The molecule has 0 radical (unpaired) electrons. The predicted octanol–water partition coefficient (Wildman–Crippen LogP) is 4.91. The highest BCUT2D eigenvalue weighted by Crippen LogP contribution is 2.22. The summed E-state index contributed by atoms with van der Waals surface area (Å²) < 4.78 is 5.06. The Labute approximate surface area is 129 Å². The van der Waals surface area contributed by atoms with Crippen LogP contribution in [0.4, 0.5) is 10.5 Å². The van der Waals surface area contributed by atoms with E-state index in [4.69, 9.17) is 16.3 Å². The molecule has 4 heteroatoms. The lowest BCUT2D eigenvalue weighted by Gasteiger charge is -2.07. The van der Waals surface area contributed by atoms with Crippen LogP contribution in [0.3, 0.4) is 0 Å². The van der Waals surface area contributed by atoms with Crippen LogP contribution in [0.5, 0.6) is 0 Å². The Kier molecular flexibility index (Phi) is 5.41. The maximum Gasteiger partial charge on any atom is 0.411 e. The summed E-state index contributed by atoms with van der Waals surface area (Å²) in [6.07, 6.45) is 3.15. The number of halogens is 1. The van der Waals surface area contributed by atoms with Crippen LogP contribution in [-0.4, -0.2) is 12.7 Å². The van der Waals surface area contributed by atoms with Crippen LogP contribution in [0, 0.1) is 6.92 Å². The third-order valence-electron chi connectivity index (χ3n) is 2.78. The Bertz CT molecular complexity index is 638. The predicted molar refractivity (Wildman–Crippen MR) is 86.6 cm³/mol. The molecule has 2 aromatic carbocycles. The summed E-state index contributed by atoms with van der Waals surface area (Å²) in [4.78, 5) is 11.6. The van der Waals surface area contributed by atoms with Gasteiger partial charge in [-0.25, -0.2) is 4.79 Å². The van der Waals surface area contributed by atoms with Crippen LogP contribution >= 0.6 is 11.6 Å². The van der Waals surface area contributed by atoms with E-state index in [1.807, 2.05) is 49.4 Å². The molecule has 0 aliphatic rings. The summed E-state index contributed by atoms with van der Waals surface area (Å²) in [5.41, 5.74) is 2.63. The van der Waals surface area contributed by atoms with E-state index in [1.54, 1.807) is 18.2 Å². The van der Waals surface area contributed by atoms with E-state index in [2.05, 4.69) is 5.32 Å². The Hall–Kier alpha value is -2.26. The molecule has 0 fully saturated rings. The molecule has 0 aliphatic carbocycles. The molecule has 0 bridgehead atoms. The molecule has 2 aromatic rings. The minimum atomic E-state index is -0.529. The van der Waals surface area contributed by atoms with Crippen LogP contribution in [-0.2, 0) is 4.74 Å². The maximum atomic E-state index is 11.6. The summed E-state index contributed by atoms with van der Waals surface area (Å²) >= 11 is 6.03. The van der Waals surface area contributed by atoms with Gasteiger partial charge in [-0.05, 0) is 36.3 Å². The van der Waals surface area contributed by atoms with Gasteiger partial charge in [0.05, 0.1) is 10.7 Å². The van der Waals surface area contributed by atoms with Gasteiger partial charge in [-0.1, -0.05) is 54.1 Å². The Morgan fingerprint density at radius 3 is 2.71 bits per heavy atom. The molecule has 108 valence electrons. The number of hydrogen-bond acceptors (Lipinski definition) is 2. The van der Waals surface area contributed by atoms with Gasteiger partial charge in [0.25, 0.3) is 0 Å². The lowest BCUT2D eigenvalue weighted by atomic mass is 10.2. The molecular weight excluding hydrogens is 286 g/mol. The van der Waals surface area contributed by atoms with Gasteiger partial charge in [0.1, 0.15) is 6.61 Å². The number of carbonyl (C=O) groups excluding carboxylic acids is 1. The topological polar surface area (TPSA) is 38.3 Å². The van der Waals surface area contributed by atoms with Crippen LogP contribution in [0.1, 0.15) is 11.1 Å². The molecule has 0 atom stereocenters. The monoisotopic (exact) mass is 301 g/mol. The molecule has 0 unspecified atom stereocenters. The molecule has 1 N–H and O–H groups in total. The number of carbonyl (C=O) groups is 1. The van der Waals surface area contributed by atoms with Crippen molar-refractivity contribution in [2.45, 2.75) is 6.92 Å². The van der Waals surface area contributed by atoms with Crippen molar-refractivity contribution in [1.29, 1.82) is 0 Å². The first-order valence-electron chi connectivity index (χ1n) is 6.56. The van der Waals surface area contributed by atoms with E-state index in [1.165, 1.54) is 0 Å². The zero-order valence-corrected chi connectivity index (χ0v) is 12.4. The van der Waals surface area contributed by atoms with E-state index in [9.17, 15) is 4.79 Å². The lowest BCUT2D eigenvalue weighted by molar-refractivity contribution is 0.174. The van der Waals surface area contributed by atoms with E-state index >= 15 is 0 Å². The van der Waals surface area contributed by atoms with Gasteiger partial charge >= 0.3 is 6.09 Å². The lowest BCUT2D eigenvalue weighted by Crippen LogP contribution is -2.13. The molecule has 3 nitrogen and oxygen atoms in total. The third-order valence-corrected chi connectivity index (χ3v) is 3.09. The Morgan fingerprint density at radius 2 is 2.00 bits per heavy atom. The molecule has 0 saturated carbocycles. The summed E-state index contributed by atoms with van der Waals surface area (Å²) in [5, 5.41) is 3.10. The molecule has 0 aromatic heterocycles. The van der Waals surface area contributed by atoms with Crippen molar-refractivity contribution in [2.75, 3.05) is 11.9 Å². The smallest absolute Gasteiger partial charge is 0.411 e. The van der Waals surface area contributed by atoms with Gasteiger partial charge in [-0.15, -0.1) is 0 Å². The molecule has 1 amide bonds. The third kappa shape index (κ3) is 4.97. The maximum absolute atomic E-state index is 11.6. The van der Waals surface area contributed by atoms with Crippen molar-refractivity contribution in [3.63, 3.8) is 0 Å². The fraction of sp³-hybridized carbons (Fsp3) is 0.118. The molecule has 0 aliphatic heterocycles. The van der Waals surface area contributed by atoms with E-state index in [0.717, 1.165) is 11.1 Å². The fourth-order valence-electron chi connectivity index (χ4n) is 1.74. The van der Waals surface area contributed by atoms with Crippen LogP contribution < -0.4 is 5.32 Å². The fourth-order valence-corrected chi connectivity index (χ4v) is 2.02. The number of hydrogen-bond donors (Lipinski definition) is 1. The number of ether oxygens (including phenoxy) is 1. The van der Waals surface area contributed by atoms with Crippen LogP contribution in [0.15, 0.2) is 54.6 Å². The van der Waals surface area contributed by atoms with Crippen molar-refractivity contribution in [3.8, 4) is 0 Å². The average Bonchev–Trinajstić information content (AvgIpc) is 2.48. The van der Waals surface area contributed by atoms with Crippen molar-refractivity contribution >= 4 is 29.5 Å². The van der Waals surface area contributed by atoms with Gasteiger partial charge in [0, 0.05) is 0 Å². The molecule has 0 heterocycles. The highest BCUT2D eigenvalue weighted by Gasteiger charge is 2.05. The van der Waals surface area contributed by atoms with Crippen molar-refractivity contribution < 1.29 is 9.53 Å². The zero-order chi connectivity index (χ0) is 15.1. The normalized spacial score (nSPS) is 10.6. The van der Waals surface area contributed by atoms with E-state index in [-0.39, 0.29) is 6.61 Å². The summed E-state index contributed by atoms with van der Waals surface area (Å²) in [6, 6.07) is 15.2. The Balaban J connectivity index is 1.81.